The number of nitrogens with two attached hydrogens (primary N) is 1. The zero-order valence-corrected chi connectivity index (χ0v) is 23.7. The third-order valence-electron chi connectivity index (χ3n) is 8.34. The van der Waals surface area contributed by atoms with E-state index < -0.39 is 11.6 Å². The minimum Gasteiger partial charge on any atom is -0.486 e. The van der Waals surface area contributed by atoms with Gasteiger partial charge in [-0.25, -0.2) is 14.4 Å². The Morgan fingerprint density at radius 3 is 2.81 bits per heavy atom. The number of piperidine rings is 1. The maximum atomic E-state index is 14.7. The van der Waals surface area contributed by atoms with Crippen LogP contribution in [-0.2, 0) is 13.1 Å². The van der Waals surface area contributed by atoms with Crippen LogP contribution in [0, 0.1) is 11.6 Å². The molecule has 42 heavy (non-hydrogen) atoms. The van der Waals surface area contributed by atoms with E-state index in [-0.39, 0.29) is 35.3 Å². The summed E-state index contributed by atoms with van der Waals surface area (Å²) in [5.41, 5.74) is 8.31. The summed E-state index contributed by atoms with van der Waals surface area (Å²) < 4.78 is 42.2. The number of ether oxygens (including phenoxy) is 2. The summed E-state index contributed by atoms with van der Waals surface area (Å²) in [6.07, 6.45) is 7.90. The first-order chi connectivity index (χ1) is 20.4. The van der Waals surface area contributed by atoms with E-state index in [1.54, 1.807) is 25.6 Å². The number of hydrogen-bond donors (Lipinski definition) is 1. The Bertz CT molecular complexity index is 1660. The van der Waals surface area contributed by atoms with Crippen molar-refractivity contribution in [3.05, 3.63) is 81.9 Å². The van der Waals surface area contributed by atoms with Gasteiger partial charge in [-0.05, 0) is 49.1 Å². The first kappa shape index (κ1) is 27.9. The molecule has 0 amide bonds. The maximum absolute atomic E-state index is 14.7. The van der Waals surface area contributed by atoms with Gasteiger partial charge in [-0.3, -0.25) is 9.69 Å². The van der Waals surface area contributed by atoms with Crippen LogP contribution in [0.15, 0.2) is 53.7 Å². The van der Waals surface area contributed by atoms with Crippen LogP contribution in [0.25, 0.3) is 10.9 Å². The van der Waals surface area contributed by atoms with Gasteiger partial charge in [0.15, 0.2) is 17.0 Å². The standard InChI is InChI=1S/C31H34F2N6O3/c1-3-21-18-42-31-28(33)25(32)12-24-29(31)39(21)16-20(30(24)40)15-38(14-19-8-9-35-27(11-19)41-2)23-5-4-10-37(17-23)22-6-7-26(34)36-13-22/h6-9,11-13,16,21,23H,3-5,10,14-15,17-18H2,1-2H3,(H2,34,36)/t21-,23-/m0/s1. The molecule has 2 atom stereocenters. The highest BCUT2D eigenvalue weighted by molar-refractivity contribution is 5.86. The highest BCUT2D eigenvalue weighted by Gasteiger charge is 2.30. The molecule has 0 unspecified atom stereocenters. The summed E-state index contributed by atoms with van der Waals surface area (Å²) in [7, 11) is 1.58. The van der Waals surface area contributed by atoms with Crippen molar-refractivity contribution in [1.82, 2.24) is 19.4 Å². The molecule has 3 aromatic heterocycles. The average Bonchev–Trinajstić information content (AvgIpc) is 3.01. The van der Waals surface area contributed by atoms with E-state index in [1.165, 1.54) is 0 Å². The molecular weight excluding hydrogens is 542 g/mol. The summed E-state index contributed by atoms with van der Waals surface area (Å²) in [6, 6.07) is 8.59. The largest absolute Gasteiger partial charge is 0.486 e. The molecule has 2 N–H and O–H groups in total. The molecule has 0 bridgehead atoms. The van der Waals surface area contributed by atoms with Crippen molar-refractivity contribution in [2.75, 3.05) is 37.4 Å². The van der Waals surface area contributed by atoms with Gasteiger partial charge in [0.2, 0.25) is 11.7 Å². The summed E-state index contributed by atoms with van der Waals surface area (Å²) in [5.74, 6) is -1.37. The van der Waals surface area contributed by atoms with Crippen LogP contribution in [0.2, 0.25) is 0 Å². The normalized spacial score (nSPS) is 18.4. The van der Waals surface area contributed by atoms with Gasteiger partial charge in [0.05, 0.1) is 35.9 Å². The Morgan fingerprint density at radius 2 is 2.05 bits per heavy atom. The minimum absolute atomic E-state index is 0.0951. The highest BCUT2D eigenvalue weighted by Crippen LogP contribution is 2.36. The Balaban J connectivity index is 1.40. The number of anilines is 2. The highest BCUT2D eigenvalue weighted by atomic mass is 19.2. The second kappa shape index (κ2) is 11.6. The fraction of sp³-hybridized carbons (Fsp3) is 0.387. The number of methoxy groups -OCH3 is 1. The quantitative estimate of drug-likeness (QED) is 0.323. The Hall–Kier alpha value is -4.25. The number of benzene rings is 1. The second-order valence-electron chi connectivity index (χ2n) is 11.0. The molecule has 0 aliphatic carbocycles. The summed E-state index contributed by atoms with van der Waals surface area (Å²) in [5, 5.41) is 0.128. The van der Waals surface area contributed by atoms with Gasteiger partial charge in [0, 0.05) is 56.2 Å². The Labute approximate surface area is 242 Å². The van der Waals surface area contributed by atoms with Crippen LogP contribution < -0.4 is 25.5 Å². The van der Waals surface area contributed by atoms with Gasteiger partial charge < -0.3 is 24.7 Å². The van der Waals surface area contributed by atoms with Crippen LogP contribution in [0.5, 0.6) is 11.6 Å². The van der Waals surface area contributed by atoms with E-state index in [1.807, 2.05) is 35.9 Å². The molecule has 2 aliphatic rings. The lowest BCUT2D eigenvalue weighted by molar-refractivity contribution is 0.157. The van der Waals surface area contributed by atoms with E-state index in [0.29, 0.717) is 42.3 Å². The number of nitrogen functional groups attached to an aromatic ring is 1. The summed E-state index contributed by atoms with van der Waals surface area (Å²) >= 11 is 0. The summed E-state index contributed by atoms with van der Waals surface area (Å²) in [6.45, 7) is 4.68. The topological polar surface area (TPSA) is 98.7 Å². The average molecular weight is 577 g/mol. The van der Waals surface area contributed by atoms with Gasteiger partial charge in [-0.1, -0.05) is 6.92 Å². The molecule has 1 saturated heterocycles. The number of aromatic nitrogens is 3. The predicted molar refractivity (Wildman–Crippen MR) is 157 cm³/mol. The van der Waals surface area contributed by atoms with E-state index in [2.05, 4.69) is 19.8 Å². The molecule has 6 rings (SSSR count). The third-order valence-corrected chi connectivity index (χ3v) is 8.34. The summed E-state index contributed by atoms with van der Waals surface area (Å²) in [4.78, 5) is 27.0. The second-order valence-corrected chi connectivity index (χ2v) is 11.0. The van der Waals surface area contributed by atoms with Gasteiger partial charge in [0.1, 0.15) is 12.4 Å². The number of nitrogens with zero attached hydrogens (tertiary/aromatic N) is 5. The monoisotopic (exact) mass is 576 g/mol. The SMILES string of the molecule is CC[C@H]1COc2c(F)c(F)cc3c(=O)c(CN(Cc4ccnc(OC)c4)[C@H]4CCCN(c5ccc(N)nc5)C4)cn1c23. The van der Waals surface area contributed by atoms with Crippen LogP contribution in [0.3, 0.4) is 0 Å². The molecule has 4 aromatic rings. The van der Waals surface area contributed by atoms with E-state index >= 15 is 0 Å². The van der Waals surface area contributed by atoms with E-state index in [4.69, 9.17) is 15.2 Å². The molecule has 2 aliphatic heterocycles. The maximum Gasteiger partial charge on any atom is 0.213 e. The lowest BCUT2D eigenvalue weighted by Gasteiger charge is -2.40. The van der Waals surface area contributed by atoms with Gasteiger partial charge in [-0.2, -0.15) is 4.39 Å². The lowest BCUT2D eigenvalue weighted by Crippen LogP contribution is -2.48. The first-order valence-corrected chi connectivity index (χ1v) is 14.2. The van der Waals surface area contributed by atoms with Crippen LogP contribution in [-0.4, -0.2) is 52.3 Å². The van der Waals surface area contributed by atoms with Gasteiger partial charge in [0.25, 0.3) is 0 Å². The fourth-order valence-electron chi connectivity index (χ4n) is 6.09. The third kappa shape index (κ3) is 5.24. The number of halogens is 2. The van der Waals surface area contributed by atoms with Crippen molar-refractivity contribution in [2.24, 2.45) is 0 Å². The zero-order valence-electron chi connectivity index (χ0n) is 23.7. The smallest absolute Gasteiger partial charge is 0.213 e. The zero-order chi connectivity index (χ0) is 29.4. The molecule has 1 aromatic carbocycles. The van der Waals surface area contributed by atoms with Crippen molar-refractivity contribution >= 4 is 22.4 Å². The molecule has 0 radical (unpaired) electrons. The molecule has 9 nitrogen and oxygen atoms in total. The lowest BCUT2D eigenvalue weighted by atomic mass is 10.0. The molecule has 1 fully saturated rings. The van der Waals surface area contributed by atoms with E-state index in [9.17, 15) is 13.6 Å². The van der Waals surface area contributed by atoms with Crippen LogP contribution >= 0.6 is 0 Å². The molecule has 0 saturated carbocycles. The molecule has 220 valence electrons. The predicted octanol–water partition coefficient (Wildman–Crippen LogP) is 4.68. The first-order valence-electron chi connectivity index (χ1n) is 14.2. The molecular formula is C31H34F2N6O3. The Morgan fingerprint density at radius 1 is 1.19 bits per heavy atom. The number of hydrogen-bond acceptors (Lipinski definition) is 8. The van der Waals surface area contributed by atoms with Crippen LogP contribution in [0.1, 0.15) is 43.4 Å². The molecule has 11 heteroatoms. The van der Waals surface area contributed by atoms with Gasteiger partial charge >= 0.3 is 0 Å². The minimum atomic E-state index is -1.09. The molecule has 0 spiro atoms. The Kier molecular flexibility index (Phi) is 7.68. The van der Waals surface area contributed by atoms with Crippen LogP contribution in [0.4, 0.5) is 20.3 Å². The van der Waals surface area contributed by atoms with Gasteiger partial charge in [-0.15, -0.1) is 0 Å². The fourth-order valence-corrected chi connectivity index (χ4v) is 6.09. The number of pyridine rings is 3. The van der Waals surface area contributed by atoms with Crippen molar-refractivity contribution in [3.8, 4) is 11.6 Å². The van der Waals surface area contributed by atoms with Crippen molar-refractivity contribution in [2.45, 2.75) is 51.4 Å². The van der Waals surface area contributed by atoms with Crippen molar-refractivity contribution in [3.63, 3.8) is 0 Å². The number of rotatable bonds is 8. The van der Waals surface area contributed by atoms with Crippen molar-refractivity contribution in [1.29, 1.82) is 0 Å². The van der Waals surface area contributed by atoms with E-state index in [0.717, 1.165) is 43.2 Å². The van der Waals surface area contributed by atoms with Crippen molar-refractivity contribution < 1.29 is 18.3 Å². The molecule has 5 heterocycles.